The molecular formula is C20H25Br2NO4. The lowest BCUT2D eigenvalue weighted by molar-refractivity contribution is -0.272. The van der Waals surface area contributed by atoms with Crippen molar-refractivity contribution in [2.75, 3.05) is 19.8 Å². The molecule has 3 aliphatic heterocycles. The lowest BCUT2D eigenvalue weighted by atomic mass is 9.31. The van der Waals surface area contributed by atoms with E-state index in [-0.39, 0.29) is 45.8 Å². The van der Waals surface area contributed by atoms with E-state index in [0.29, 0.717) is 26.2 Å². The predicted octanol–water partition coefficient (Wildman–Crippen LogP) is 2.53. The quantitative estimate of drug-likeness (QED) is 0.544. The van der Waals surface area contributed by atoms with E-state index in [0.717, 1.165) is 0 Å². The molecule has 3 aliphatic carbocycles. The number of amides is 1. The number of fused-ring (bicyclic) bond motifs is 1. The number of halogens is 2. The number of rotatable bonds is 2. The second kappa shape index (κ2) is 4.52. The molecule has 0 unspecified atom stereocenters. The van der Waals surface area contributed by atoms with Crippen LogP contribution in [-0.4, -0.2) is 62.7 Å². The highest BCUT2D eigenvalue weighted by molar-refractivity contribution is 9.10. The average Bonchev–Trinajstić information content (AvgIpc) is 3.06. The van der Waals surface area contributed by atoms with Gasteiger partial charge in [0, 0.05) is 24.3 Å². The fraction of sp³-hybridized carbons (Fsp3) is 0.900. The Morgan fingerprint density at radius 3 is 2.63 bits per heavy atom. The third-order valence-electron chi connectivity index (χ3n) is 9.49. The smallest absolute Gasteiger partial charge is 0.234 e. The first-order chi connectivity index (χ1) is 12.6. The van der Waals surface area contributed by atoms with Gasteiger partial charge in [0.1, 0.15) is 20.9 Å². The Hall–Kier alpha value is 0.0200. The number of likely N-dealkylation sites (tertiary alicyclic amines) is 1. The number of likely N-dealkylation sites (N-methyl/N-ethyl adjacent to an activating group) is 1. The lowest BCUT2D eigenvalue weighted by Gasteiger charge is -2.78. The molecule has 0 N–H and O–H groups in total. The number of ketones is 1. The molecule has 6 fully saturated rings. The summed E-state index contributed by atoms with van der Waals surface area (Å²) >= 11 is 7.98. The van der Waals surface area contributed by atoms with Crippen LogP contribution in [0.5, 0.6) is 0 Å². The van der Waals surface area contributed by atoms with Crippen molar-refractivity contribution in [3.05, 3.63) is 0 Å². The number of nitrogens with zero attached hydrogens (tertiary/aromatic N) is 1. The van der Waals surface area contributed by atoms with Crippen LogP contribution >= 0.6 is 31.9 Å². The molecule has 3 saturated carbocycles. The van der Waals surface area contributed by atoms with Crippen molar-refractivity contribution in [2.24, 2.45) is 28.6 Å². The molecule has 7 heteroatoms. The first-order valence-electron chi connectivity index (χ1n) is 10.1. The fourth-order valence-electron chi connectivity index (χ4n) is 8.79. The van der Waals surface area contributed by atoms with Crippen LogP contribution in [0.25, 0.3) is 0 Å². The van der Waals surface area contributed by atoms with E-state index in [1.54, 1.807) is 0 Å². The summed E-state index contributed by atoms with van der Waals surface area (Å²) in [4.78, 5) is 30.0. The highest BCUT2D eigenvalue weighted by atomic mass is 79.9. The molecule has 4 bridgehead atoms. The lowest BCUT2D eigenvalue weighted by Crippen LogP contribution is -2.95. The third-order valence-corrected chi connectivity index (χ3v) is 12.5. The van der Waals surface area contributed by atoms with Crippen molar-refractivity contribution in [2.45, 2.75) is 60.5 Å². The Kier molecular flexibility index (Phi) is 2.99. The first-order valence-corrected chi connectivity index (χ1v) is 11.8. The summed E-state index contributed by atoms with van der Waals surface area (Å²) in [5, 5.41) is 0. The minimum absolute atomic E-state index is 0.00275. The Labute approximate surface area is 176 Å². The summed E-state index contributed by atoms with van der Waals surface area (Å²) in [5.74, 6) is 0.499. The zero-order valence-electron chi connectivity index (χ0n) is 16.1. The molecule has 0 radical (unpaired) electrons. The molecule has 1 amide bonds. The van der Waals surface area contributed by atoms with E-state index in [1.807, 2.05) is 6.92 Å². The van der Waals surface area contributed by atoms with Gasteiger partial charge in [0.15, 0.2) is 5.78 Å². The van der Waals surface area contributed by atoms with Crippen LogP contribution in [0.3, 0.4) is 0 Å². The molecule has 0 aromatic carbocycles. The molecule has 0 aromatic heterocycles. The Morgan fingerprint density at radius 1 is 1.30 bits per heavy atom. The van der Waals surface area contributed by atoms with Crippen molar-refractivity contribution in [1.82, 2.24) is 4.90 Å². The van der Waals surface area contributed by atoms with E-state index in [4.69, 9.17) is 9.47 Å². The van der Waals surface area contributed by atoms with Gasteiger partial charge in [0.2, 0.25) is 5.91 Å². The number of hydrogen-bond donors (Lipinski definition) is 0. The van der Waals surface area contributed by atoms with Crippen LogP contribution in [0.1, 0.15) is 34.1 Å². The monoisotopic (exact) mass is 501 g/mol. The Morgan fingerprint density at radius 2 is 2.00 bits per heavy atom. The summed E-state index contributed by atoms with van der Waals surface area (Å²) in [6, 6.07) is 0. The number of piperidine rings is 1. The standard InChI is InChI=1S/C20H25Br2NO4/c1-5-23-15(25)19-10(9(2)3)6-11(24)20(19,22)14-16(4)12(21)13(19)27-18(16)8-26-7-17(14,18)23/h9-10,12-14H,5-8H2,1-4H3/t10-,12+,13-,14-,16+,17-,18+,19+,20+/m1/s1. The van der Waals surface area contributed by atoms with Crippen molar-refractivity contribution >= 4 is 43.6 Å². The van der Waals surface area contributed by atoms with Gasteiger partial charge in [-0.05, 0) is 18.8 Å². The topological polar surface area (TPSA) is 55.8 Å². The molecule has 6 aliphatic rings. The maximum Gasteiger partial charge on any atom is 0.234 e. The van der Waals surface area contributed by atoms with E-state index in [9.17, 15) is 9.59 Å². The van der Waals surface area contributed by atoms with Crippen molar-refractivity contribution in [1.29, 1.82) is 0 Å². The van der Waals surface area contributed by atoms with Crippen LogP contribution in [0.2, 0.25) is 0 Å². The van der Waals surface area contributed by atoms with Gasteiger partial charge >= 0.3 is 0 Å². The van der Waals surface area contributed by atoms with Crippen molar-refractivity contribution in [3.8, 4) is 0 Å². The molecule has 27 heavy (non-hydrogen) atoms. The molecule has 2 spiro atoms. The fourth-order valence-corrected chi connectivity index (χ4v) is 11.7. The SMILES string of the molecule is CCN1C(=O)[C@@]23[C@@H](C(C)C)CC(=O)[C@]2(Br)[C@@H]2[C@]4(C)[C@@H](Br)[C@H]3O[C@@]43COC[C@]213. The second-order valence-electron chi connectivity index (χ2n) is 10.0. The summed E-state index contributed by atoms with van der Waals surface area (Å²) < 4.78 is 12.1. The van der Waals surface area contributed by atoms with Gasteiger partial charge in [-0.25, -0.2) is 0 Å². The van der Waals surface area contributed by atoms with E-state index >= 15 is 0 Å². The molecule has 148 valence electrons. The van der Waals surface area contributed by atoms with Crippen LogP contribution in [-0.2, 0) is 19.1 Å². The van der Waals surface area contributed by atoms with Crippen molar-refractivity contribution in [3.63, 3.8) is 0 Å². The van der Waals surface area contributed by atoms with Crippen LogP contribution < -0.4 is 0 Å². The van der Waals surface area contributed by atoms with E-state index in [1.165, 1.54) is 0 Å². The normalized spacial score (nSPS) is 62.3. The van der Waals surface area contributed by atoms with Gasteiger partial charge in [-0.3, -0.25) is 9.59 Å². The zero-order valence-corrected chi connectivity index (χ0v) is 19.2. The van der Waals surface area contributed by atoms with Crippen LogP contribution in [0, 0.1) is 28.6 Å². The second-order valence-corrected chi connectivity index (χ2v) is 12.2. The minimum atomic E-state index is -0.852. The van der Waals surface area contributed by atoms with Crippen LogP contribution in [0.15, 0.2) is 0 Å². The molecule has 3 saturated heterocycles. The predicted molar refractivity (Wildman–Crippen MR) is 105 cm³/mol. The molecule has 0 aromatic rings. The average molecular weight is 503 g/mol. The molecule has 5 nitrogen and oxygen atoms in total. The summed E-state index contributed by atoms with van der Waals surface area (Å²) in [7, 11) is 0. The number of alkyl halides is 2. The molecule has 9 atom stereocenters. The molecule has 3 heterocycles. The van der Waals surface area contributed by atoms with E-state index in [2.05, 4.69) is 57.5 Å². The van der Waals surface area contributed by atoms with Crippen molar-refractivity contribution < 1.29 is 19.1 Å². The highest BCUT2D eigenvalue weighted by Crippen LogP contribution is 2.88. The van der Waals surface area contributed by atoms with Crippen LogP contribution in [0.4, 0.5) is 0 Å². The maximum atomic E-state index is 14.3. The Balaban J connectivity index is 1.75. The number of Topliss-reactive ketones (excluding diaryl/α,β-unsaturated/α-hetero) is 1. The molecule has 6 rings (SSSR count). The number of carbonyl (C=O) groups is 2. The molecular weight excluding hydrogens is 478 g/mol. The largest absolute Gasteiger partial charge is 0.376 e. The number of ether oxygens (including phenoxy) is 2. The van der Waals surface area contributed by atoms with Gasteiger partial charge in [0.25, 0.3) is 0 Å². The van der Waals surface area contributed by atoms with Gasteiger partial charge in [-0.1, -0.05) is 52.6 Å². The highest BCUT2D eigenvalue weighted by Gasteiger charge is 3.02. The summed E-state index contributed by atoms with van der Waals surface area (Å²) in [6.07, 6.45) is 0.132. The van der Waals surface area contributed by atoms with E-state index < -0.39 is 20.9 Å². The maximum absolute atomic E-state index is 14.3. The first kappa shape index (κ1) is 17.8. The third kappa shape index (κ3) is 1.20. The number of carbonyl (C=O) groups excluding carboxylic acids is 2. The van der Waals surface area contributed by atoms with Gasteiger partial charge in [-0.2, -0.15) is 0 Å². The summed E-state index contributed by atoms with van der Waals surface area (Å²) in [5.41, 5.74) is -2.15. The Bertz CT molecular complexity index is 820. The number of hydrogen-bond acceptors (Lipinski definition) is 4. The zero-order chi connectivity index (χ0) is 19.4. The minimum Gasteiger partial charge on any atom is -0.376 e. The van der Waals surface area contributed by atoms with Gasteiger partial charge in [-0.15, -0.1) is 0 Å². The van der Waals surface area contributed by atoms with Gasteiger partial charge < -0.3 is 14.4 Å². The van der Waals surface area contributed by atoms with Gasteiger partial charge in [0.05, 0.1) is 24.1 Å². The summed E-state index contributed by atoms with van der Waals surface area (Å²) in [6.45, 7) is 10.2.